The van der Waals surface area contributed by atoms with Crippen LogP contribution >= 0.6 is 0 Å². The van der Waals surface area contributed by atoms with Crippen LogP contribution in [0.1, 0.15) is 22.3 Å². The molecule has 12 rings (SSSR count). The maximum Gasteiger partial charge on any atom is 0.161 e. The third-order valence-corrected chi connectivity index (χ3v) is 14.3. The molecule has 1 aromatic heterocycles. The SMILES string of the molecule is Bc1c(B)c(B)c(-c2ccc(-c3nc(-c4cccc5c4-c4ccccc4C54c5ccc6ccccc6c5-c5c4ccc4ccccc54)nc4ccccc34)cc2)c(B)c1B. The van der Waals surface area contributed by atoms with Crippen molar-refractivity contribution >= 4 is 99.0 Å². The van der Waals surface area contributed by atoms with Crippen molar-refractivity contribution < 1.29 is 0 Å². The van der Waals surface area contributed by atoms with Crippen molar-refractivity contribution in [2.45, 2.75) is 5.41 Å². The van der Waals surface area contributed by atoms with Crippen LogP contribution in [-0.2, 0) is 5.41 Å². The summed E-state index contributed by atoms with van der Waals surface area (Å²) in [6.07, 6.45) is 0. The molecule has 274 valence electrons. The number of benzene rings is 9. The van der Waals surface area contributed by atoms with Crippen LogP contribution < -0.4 is 27.3 Å². The van der Waals surface area contributed by atoms with Gasteiger partial charge in [0, 0.05) is 16.5 Å². The zero-order valence-electron chi connectivity index (χ0n) is 34.5. The van der Waals surface area contributed by atoms with Crippen LogP contribution in [0.5, 0.6) is 0 Å². The van der Waals surface area contributed by atoms with Crippen LogP contribution in [0, 0.1) is 0 Å². The Morgan fingerprint density at radius 2 is 0.833 bits per heavy atom. The molecule has 0 saturated carbocycles. The Balaban J connectivity index is 1.10. The lowest BCUT2D eigenvalue weighted by molar-refractivity contribution is 0.795. The number of hydrogen-bond donors (Lipinski definition) is 0. The fraction of sp³-hybridized carbons (Fsp3) is 0.0189. The van der Waals surface area contributed by atoms with Gasteiger partial charge in [-0.3, -0.25) is 0 Å². The molecule has 0 aliphatic heterocycles. The van der Waals surface area contributed by atoms with Crippen molar-refractivity contribution in [1.82, 2.24) is 9.97 Å². The normalized spacial score (nSPS) is 13.1. The Morgan fingerprint density at radius 3 is 1.50 bits per heavy atom. The number of hydrogen-bond acceptors (Lipinski definition) is 2. The highest BCUT2D eigenvalue weighted by molar-refractivity contribution is 6.68. The van der Waals surface area contributed by atoms with Crippen molar-refractivity contribution in [2.75, 3.05) is 0 Å². The van der Waals surface area contributed by atoms with Gasteiger partial charge in [-0.05, 0) is 83.2 Å². The number of rotatable bonds is 3. The lowest BCUT2D eigenvalue weighted by Crippen LogP contribution is -2.55. The molecule has 0 bridgehead atoms. The monoisotopic (exact) mass is 756 g/mol. The lowest BCUT2D eigenvalue weighted by Gasteiger charge is -2.30. The van der Waals surface area contributed by atoms with Gasteiger partial charge in [0.05, 0.1) is 16.6 Å². The topological polar surface area (TPSA) is 25.8 Å². The zero-order chi connectivity index (χ0) is 40.4. The molecule has 0 radical (unpaired) electrons. The molecule has 0 fully saturated rings. The summed E-state index contributed by atoms with van der Waals surface area (Å²) < 4.78 is 0. The molecule has 1 heterocycles. The molecular weight excluding hydrogens is 719 g/mol. The summed E-state index contributed by atoms with van der Waals surface area (Å²) in [4.78, 5) is 10.9. The second-order valence-corrected chi connectivity index (χ2v) is 16.9. The summed E-state index contributed by atoms with van der Waals surface area (Å²) >= 11 is 0. The predicted molar refractivity (Wildman–Crippen MR) is 268 cm³/mol. The van der Waals surface area contributed by atoms with E-state index in [2.05, 4.69) is 203 Å². The van der Waals surface area contributed by atoms with Crippen LogP contribution in [0.15, 0.2) is 164 Å². The van der Waals surface area contributed by atoms with Gasteiger partial charge in [0.25, 0.3) is 0 Å². The van der Waals surface area contributed by atoms with E-state index in [1.807, 2.05) is 0 Å². The largest absolute Gasteiger partial charge is 0.228 e. The smallest absolute Gasteiger partial charge is 0.161 e. The van der Waals surface area contributed by atoms with Gasteiger partial charge in [-0.2, -0.15) is 0 Å². The highest BCUT2D eigenvalue weighted by Gasteiger charge is 2.53. The van der Waals surface area contributed by atoms with Crippen molar-refractivity contribution in [1.29, 1.82) is 0 Å². The minimum absolute atomic E-state index is 0.515. The van der Waals surface area contributed by atoms with Gasteiger partial charge >= 0.3 is 0 Å². The predicted octanol–water partition coefficient (Wildman–Crippen LogP) is 4.57. The summed E-state index contributed by atoms with van der Waals surface area (Å²) in [7, 11) is 11.3. The minimum Gasteiger partial charge on any atom is -0.228 e. The fourth-order valence-corrected chi connectivity index (χ4v) is 11.1. The van der Waals surface area contributed by atoms with Crippen molar-refractivity contribution in [3.05, 3.63) is 186 Å². The van der Waals surface area contributed by atoms with Crippen LogP contribution in [0.2, 0.25) is 0 Å². The Labute approximate surface area is 354 Å². The highest BCUT2D eigenvalue weighted by Crippen LogP contribution is 2.65. The second-order valence-electron chi connectivity index (χ2n) is 16.9. The summed E-state index contributed by atoms with van der Waals surface area (Å²) in [5, 5.41) is 6.14. The van der Waals surface area contributed by atoms with E-state index in [1.165, 1.54) is 104 Å². The molecule has 60 heavy (non-hydrogen) atoms. The zero-order valence-corrected chi connectivity index (χ0v) is 34.5. The van der Waals surface area contributed by atoms with Gasteiger partial charge in [0.15, 0.2) is 5.82 Å². The maximum absolute atomic E-state index is 5.54. The van der Waals surface area contributed by atoms with E-state index in [0.717, 1.165) is 33.5 Å². The Bertz CT molecular complexity index is 3390. The first-order valence-corrected chi connectivity index (χ1v) is 21.1. The van der Waals surface area contributed by atoms with E-state index in [-0.39, 0.29) is 0 Å². The number of aromatic nitrogens is 2. The van der Waals surface area contributed by atoms with E-state index in [1.54, 1.807) is 0 Å². The van der Waals surface area contributed by atoms with Gasteiger partial charge in [-0.25, -0.2) is 9.97 Å². The third-order valence-electron chi connectivity index (χ3n) is 14.3. The van der Waals surface area contributed by atoms with Gasteiger partial charge in [-0.15, -0.1) is 16.4 Å². The molecule has 0 amide bonds. The number of nitrogens with zero attached hydrogens (tertiary/aromatic N) is 2. The number of fused-ring (bicyclic) bond motifs is 15. The van der Waals surface area contributed by atoms with E-state index >= 15 is 0 Å². The molecule has 2 aliphatic rings. The minimum atomic E-state index is -0.515. The molecule has 0 unspecified atom stereocenters. The van der Waals surface area contributed by atoms with Gasteiger partial charge in [0.1, 0.15) is 39.2 Å². The Morgan fingerprint density at radius 1 is 0.333 bits per heavy atom. The Hall–Kier alpha value is -6.84. The van der Waals surface area contributed by atoms with Crippen LogP contribution in [0.4, 0.5) is 0 Å². The first kappa shape index (κ1) is 35.1. The fourth-order valence-electron chi connectivity index (χ4n) is 11.1. The average Bonchev–Trinajstić information content (AvgIpc) is 3.78. The molecule has 7 heteroatoms. The first-order chi connectivity index (χ1) is 29.4. The summed E-state index contributed by atoms with van der Waals surface area (Å²) in [6, 6.07) is 60.6. The lowest BCUT2D eigenvalue weighted by atomic mass is 9.59. The molecule has 0 atom stereocenters. The van der Waals surface area contributed by atoms with Crippen molar-refractivity contribution in [3.8, 4) is 56.0 Å². The maximum atomic E-state index is 5.54. The van der Waals surface area contributed by atoms with E-state index < -0.39 is 5.41 Å². The van der Waals surface area contributed by atoms with E-state index in [4.69, 9.17) is 9.97 Å². The number of para-hydroxylation sites is 1. The molecule has 1 spiro atoms. The van der Waals surface area contributed by atoms with E-state index in [9.17, 15) is 0 Å². The van der Waals surface area contributed by atoms with Crippen LogP contribution in [0.25, 0.3) is 88.5 Å². The first-order valence-electron chi connectivity index (χ1n) is 21.1. The summed E-state index contributed by atoms with van der Waals surface area (Å²) in [6.45, 7) is 0. The van der Waals surface area contributed by atoms with Crippen LogP contribution in [-0.4, -0.2) is 49.2 Å². The van der Waals surface area contributed by atoms with Crippen molar-refractivity contribution in [3.63, 3.8) is 0 Å². The molecule has 10 aromatic rings. The van der Waals surface area contributed by atoms with Gasteiger partial charge in [0.2, 0.25) is 0 Å². The second kappa shape index (κ2) is 12.8. The Kier molecular flexibility index (Phi) is 7.51. The molecular formula is C53H37B5N2. The van der Waals surface area contributed by atoms with Crippen molar-refractivity contribution in [2.24, 2.45) is 0 Å². The van der Waals surface area contributed by atoms with E-state index in [0.29, 0.717) is 0 Å². The molecule has 0 saturated heterocycles. The molecule has 9 aromatic carbocycles. The highest BCUT2D eigenvalue weighted by atomic mass is 14.9. The third kappa shape index (κ3) is 4.61. The summed E-state index contributed by atoms with van der Waals surface area (Å²) in [5.74, 6) is 0.739. The van der Waals surface area contributed by atoms with Crippen LogP contribution in [0.3, 0.4) is 0 Å². The quantitative estimate of drug-likeness (QED) is 0.247. The van der Waals surface area contributed by atoms with Gasteiger partial charge < -0.3 is 0 Å². The molecule has 2 aliphatic carbocycles. The molecule has 2 nitrogen and oxygen atoms in total. The standard InChI is InChI=1S/C53H37B5N2/c54-46-42(47(55)49(57)50(58)48(46)56)30-20-22-31(23-21-30)51-35-15-6-8-19-41(35)59-52(60-51)36-16-9-18-38-43(36)34-14-5-7-17-37(34)53(38)39-26-24-28-10-1-3-12-32(28)44(39)45-33-13-4-2-11-29(33)25-27-40(45)53/h1-27H,54-58H2. The molecule has 0 N–H and O–H groups in total. The summed E-state index contributed by atoms with van der Waals surface area (Å²) in [5.41, 5.74) is 23.3. The average molecular weight is 756 g/mol. The van der Waals surface area contributed by atoms with Gasteiger partial charge in [-0.1, -0.05) is 169 Å².